The fraction of sp³-hybridized carbons (Fsp3) is 0.455. The second-order valence-electron chi connectivity index (χ2n) is 3.29. The summed E-state index contributed by atoms with van der Waals surface area (Å²) in [4.78, 5) is 0. The molecule has 2 rings (SSSR count). The Morgan fingerprint density at radius 2 is 2.21 bits per heavy atom. The number of fused-ring (bicyclic) bond motifs is 1. The second kappa shape index (κ2) is 5.23. The predicted octanol–water partition coefficient (Wildman–Crippen LogP) is 2.15. The molecule has 0 aliphatic carbocycles. The minimum atomic E-state index is 0. The van der Waals surface area contributed by atoms with E-state index in [4.69, 9.17) is 4.74 Å². The van der Waals surface area contributed by atoms with Gasteiger partial charge in [0.05, 0.1) is 6.61 Å². The first-order chi connectivity index (χ1) is 6.40. The zero-order valence-corrected chi connectivity index (χ0v) is 9.19. The maximum absolute atomic E-state index is 5.44. The smallest absolute Gasteiger partial charge is 0.119 e. The lowest BCUT2D eigenvalue weighted by molar-refractivity contribution is 0.339. The molecule has 1 aromatic rings. The third kappa shape index (κ3) is 2.40. The lowest BCUT2D eigenvalue weighted by Crippen LogP contribution is -2.23. The molecule has 78 valence electrons. The summed E-state index contributed by atoms with van der Waals surface area (Å²) in [6.45, 7) is 4.83. The summed E-state index contributed by atoms with van der Waals surface area (Å²) in [6, 6.07) is 6.39. The predicted molar refractivity (Wildman–Crippen MR) is 60.3 cm³/mol. The Hall–Kier alpha value is -0.730. The number of hydrogen-bond donors (Lipinski definition) is 1. The Balaban J connectivity index is 0.000000980. The van der Waals surface area contributed by atoms with E-state index in [1.165, 1.54) is 11.1 Å². The summed E-state index contributed by atoms with van der Waals surface area (Å²) in [5.41, 5.74) is 2.85. The molecule has 0 atom stereocenters. The van der Waals surface area contributed by atoms with Crippen LogP contribution in [0.3, 0.4) is 0 Å². The summed E-state index contributed by atoms with van der Waals surface area (Å²) in [6.07, 6.45) is 1.14. The molecule has 0 bridgehead atoms. The van der Waals surface area contributed by atoms with Crippen LogP contribution in [0.15, 0.2) is 18.2 Å². The van der Waals surface area contributed by atoms with Gasteiger partial charge in [-0.2, -0.15) is 0 Å². The van der Waals surface area contributed by atoms with Crippen molar-refractivity contribution in [1.82, 2.24) is 5.32 Å². The van der Waals surface area contributed by atoms with E-state index in [2.05, 4.69) is 23.5 Å². The first-order valence-corrected chi connectivity index (χ1v) is 4.85. The van der Waals surface area contributed by atoms with Crippen LogP contribution < -0.4 is 10.1 Å². The number of halogens is 1. The van der Waals surface area contributed by atoms with E-state index < -0.39 is 0 Å². The number of ether oxygens (including phenoxy) is 1. The molecular weight excluding hydrogens is 198 g/mol. The molecule has 0 radical (unpaired) electrons. The van der Waals surface area contributed by atoms with Crippen molar-refractivity contribution in [2.45, 2.75) is 19.9 Å². The molecule has 1 aliphatic rings. The van der Waals surface area contributed by atoms with Gasteiger partial charge < -0.3 is 10.1 Å². The van der Waals surface area contributed by atoms with E-state index in [0.29, 0.717) is 0 Å². The lowest BCUT2D eigenvalue weighted by atomic mass is 10.0. The molecule has 0 saturated carbocycles. The van der Waals surface area contributed by atoms with Crippen molar-refractivity contribution in [2.24, 2.45) is 0 Å². The highest BCUT2D eigenvalue weighted by Crippen LogP contribution is 2.20. The van der Waals surface area contributed by atoms with Gasteiger partial charge in [-0.3, -0.25) is 0 Å². The van der Waals surface area contributed by atoms with Gasteiger partial charge in [-0.15, -0.1) is 12.4 Å². The van der Waals surface area contributed by atoms with E-state index >= 15 is 0 Å². The van der Waals surface area contributed by atoms with Gasteiger partial charge in [0.25, 0.3) is 0 Å². The summed E-state index contributed by atoms with van der Waals surface area (Å²) < 4.78 is 5.44. The van der Waals surface area contributed by atoms with Crippen LogP contribution in [0.4, 0.5) is 0 Å². The first kappa shape index (κ1) is 11.3. The minimum absolute atomic E-state index is 0. The van der Waals surface area contributed by atoms with Crippen molar-refractivity contribution in [3.05, 3.63) is 29.3 Å². The molecule has 0 unspecified atom stereocenters. The Bertz CT molecular complexity index is 301. The number of rotatable bonds is 2. The van der Waals surface area contributed by atoms with Crippen LogP contribution in [-0.4, -0.2) is 13.2 Å². The van der Waals surface area contributed by atoms with Gasteiger partial charge in [0.1, 0.15) is 5.75 Å². The van der Waals surface area contributed by atoms with Crippen molar-refractivity contribution in [2.75, 3.05) is 13.2 Å². The van der Waals surface area contributed by atoms with E-state index in [-0.39, 0.29) is 12.4 Å². The van der Waals surface area contributed by atoms with Gasteiger partial charge in [0.15, 0.2) is 0 Å². The average Bonchev–Trinajstić information content (AvgIpc) is 2.18. The van der Waals surface area contributed by atoms with Crippen LogP contribution in [0.5, 0.6) is 5.75 Å². The number of nitrogens with one attached hydrogen (secondary N) is 1. The van der Waals surface area contributed by atoms with Crippen LogP contribution >= 0.6 is 12.4 Å². The van der Waals surface area contributed by atoms with Gasteiger partial charge in [0.2, 0.25) is 0 Å². The van der Waals surface area contributed by atoms with Gasteiger partial charge in [-0.05, 0) is 43.1 Å². The topological polar surface area (TPSA) is 21.3 Å². The molecule has 0 fully saturated rings. The van der Waals surface area contributed by atoms with Crippen molar-refractivity contribution in [1.29, 1.82) is 0 Å². The summed E-state index contributed by atoms with van der Waals surface area (Å²) >= 11 is 0. The van der Waals surface area contributed by atoms with E-state index in [9.17, 15) is 0 Å². The monoisotopic (exact) mass is 213 g/mol. The molecule has 3 heteroatoms. The molecule has 1 aromatic carbocycles. The van der Waals surface area contributed by atoms with Crippen LogP contribution in [-0.2, 0) is 13.0 Å². The molecule has 0 saturated heterocycles. The molecule has 1 aliphatic heterocycles. The van der Waals surface area contributed by atoms with Crippen molar-refractivity contribution < 1.29 is 4.74 Å². The third-order valence-electron chi connectivity index (χ3n) is 2.38. The van der Waals surface area contributed by atoms with Crippen LogP contribution in [0, 0.1) is 0 Å². The van der Waals surface area contributed by atoms with Gasteiger partial charge >= 0.3 is 0 Å². The van der Waals surface area contributed by atoms with Gasteiger partial charge in [0, 0.05) is 6.54 Å². The Morgan fingerprint density at radius 3 is 3.00 bits per heavy atom. The van der Waals surface area contributed by atoms with Crippen molar-refractivity contribution >= 4 is 12.4 Å². The van der Waals surface area contributed by atoms with Crippen LogP contribution in [0.25, 0.3) is 0 Å². The molecular formula is C11H16ClNO. The third-order valence-corrected chi connectivity index (χ3v) is 2.38. The number of hydrogen-bond acceptors (Lipinski definition) is 2. The minimum Gasteiger partial charge on any atom is -0.494 e. The SMILES string of the molecule is CCOc1ccc2c(c1)CNCC2.Cl. The molecule has 0 spiro atoms. The average molecular weight is 214 g/mol. The first-order valence-electron chi connectivity index (χ1n) is 4.85. The largest absolute Gasteiger partial charge is 0.494 e. The summed E-state index contributed by atoms with van der Waals surface area (Å²) in [5.74, 6) is 0.991. The van der Waals surface area contributed by atoms with Crippen LogP contribution in [0.1, 0.15) is 18.1 Å². The molecule has 0 aromatic heterocycles. The standard InChI is InChI=1S/C11H15NO.ClH/c1-2-13-11-4-3-9-5-6-12-8-10(9)7-11;/h3-4,7,12H,2,5-6,8H2,1H3;1H. The fourth-order valence-electron chi connectivity index (χ4n) is 1.71. The Morgan fingerprint density at radius 1 is 1.36 bits per heavy atom. The maximum Gasteiger partial charge on any atom is 0.119 e. The molecule has 0 amide bonds. The quantitative estimate of drug-likeness (QED) is 0.813. The van der Waals surface area contributed by atoms with Crippen LogP contribution in [0.2, 0.25) is 0 Å². The zero-order valence-electron chi connectivity index (χ0n) is 8.38. The van der Waals surface area contributed by atoms with Crippen molar-refractivity contribution in [3.8, 4) is 5.75 Å². The van der Waals surface area contributed by atoms with E-state index in [0.717, 1.165) is 31.9 Å². The zero-order chi connectivity index (χ0) is 9.10. The molecule has 1 heterocycles. The normalized spacial score (nSPS) is 14.1. The highest BCUT2D eigenvalue weighted by atomic mass is 35.5. The van der Waals surface area contributed by atoms with Crippen molar-refractivity contribution in [3.63, 3.8) is 0 Å². The lowest BCUT2D eigenvalue weighted by Gasteiger charge is -2.17. The van der Waals surface area contributed by atoms with Gasteiger partial charge in [-0.25, -0.2) is 0 Å². The summed E-state index contributed by atoms with van der Waals surface area (Å²) in [7, 11) is 0. The second-order valence-corrected chi connectivity index (χ2v) is 3.29. The maximum atomic E-state index is 5.44. The molecule has 14 heavy (non-hydrogen) atoms. The van der Waals surface area contributed by atoms with E-state index in [1.54, 1.807) is 0 Å². The number of benzene rings is 1. The fourth-order valence-corrected chi connectivity index (χ4v) is 1.71. The van der Waals surface area contributed by atoms with Gasteiger partial charge in [-0.1, -0.05) is 6.07 Å². The Kier molecular flexibility index (Phi) is 4.23. The highest BCUT2D eigenvalue weighted by Gasteiger charge is 2.08. The molecule has 2 nitrogen and oxygen atoms in total. The Labute approximate surface area is 91.1 Å². The summed E-state index contributed by atoms with van der Waals surface area (Å²) in [5, 5.41) is 3.35. The van der Waals surface area contributed by atoms with E-state index in [1.807, 2.05) is 6.92 Å². The molecule has 1 N–H and O–H groups in total. The highest BCUT2D eigenvalue weighted by molar-refractivity contribution is 5.85.